The Morgan fingerprint density at radius 2 is 1.86 bits per heavy atom. The lowest BCUT2D eigenvalue weighted by Crippen LogP contribution is -2.50. The molecule has 0 aromatic heterocycles. The first-order chi connectivity index (χ1) is 6.44. The van der Waals surface area contributed by atoms with Crippen molar-refractivity contribution in [1.29, 1.82) is 0 Å². The third-order valence-corrected chi connectivity index (χ3v) is 4.35. The molecule has 2 aliphatic rings. The summed E-state index contributed by atoms with van der Waals surface area (Å²) in [5.74, 6) is 0.535. The average Bonchev–Trinajstić information content (AvgIpc) is 2.40. The van der Waals surface area contributed by atoms with E-state index in [-0.39, 0.29) is 5.92 Å². The van der Waals surface area contributed by atoms with Gasteiger partial charge in [0.1, 0.15) is 0 Å². The summed E-state index contributed by atoms with van der Waals surface area (Å²) < 4.78 is 0. The molecule has 2 fully saturated rings. The van der Waals surface area contributed by atoms with E-state index >= 15 is 0 Å². The molecule has 3 unspecified atom stereocenters. The number of rotatable bonds is 1. The van der Waals surface area contributed by atoms with Crippen molar-refractivity contribution in [2.24, 2.45) is 11.8 Å². The van der Waals surface area contributed by atoms with Gasteiger partial charge in [-0.1, -0.05) is 12.8 Å². The van der Waals surface area contributed by atoms with Crippen LogP contribution in [0.2, 0.25) is 0 Å². The summed E-state index contributed by atoms with van der Waals surface area (Å²) >= 11 is 0. The van der Waals surface area contributed by atoms with Crippen molar-refractivity contribution >= 4 is 0 Å². The fourth-order valence-electron chi connectivity index (χ4n) is 3.69. The number of hydrogen-bond donors (Lipinski definition) is 2. The largest absolute Gasteiger partial charge is 0.390 e. The van der Waals surface area contributed by atoms with Crippen LogP contribution in [0.3, 0.4) is 0 Å². The van der Waals surface area contributed by atoms with E-state index in [1.165, 1.54) is 6.42 Å². The first-order valence-corrected chi connectivity index (χ1v) is 5.89. The second-order valence-electron chi connectivity index (χ2n) is 5.72. The van der Waals surface area contributed by atoms with Gasteiger partial charge in [0.05, 0.1) is 11.2 Å². The summed E-state index contributed by atoms with van der Waals surface area (Å²) in [5, 5.41) is 20.7. The molecule has 0 radical (unpaired) electrons. The van der Waals surface area contributed by atoms with Crippen LogP contribution in [0.5, 0.6) is 0 Å². The Hall–Kier alpha value is -0.0800. The molecule has 0 aromatic carbocycles. The smallest absolute Gasteiger partial charge is 0.0731 e. The first-order valence-electron chi connectivity index (χ1n) is 5.89. The highest BCUT2D eigenvalue weighted by Crippen LogP contribution is 2.52. The minimum absolute atomic E-state index is 0.0836. The summed E-state index contributed by atoms with van der Waals surface area (Å²) in [6, 6.07) is 0. The molecular weight excluding hydrogens is 176 g/mol. The van der Waals surface area contributed by atoms with Gasteiger partial charge >= 0.3 is 0 Å². The van der Waals surface area contributed by atoms with Gasteiger partial charge in [-0.25, -0.2) is 0 Å². The molecule has 3 atom stereocenters. The van der Waals surface area contributed by atoms with Crippen LogP contribution in [0, 0.1) is 11.8 Å². The van der Waals surface area contributed by atoms with Crippen LogP contribution >= 0.6 is 0 Å². The van der Waals surface area contributed by atoms with Gasteiger partial charge in [-0.2, -0.15) is 0 Å². The minimum Gasteiger partial charge on any atom is -0.390 e. The highest BCUT2D eigenvalue weighted by atomic mass is 16.3. The number of fused-ring (bicyclic) bond motifs is 1. The van der Waals surface area contributed by atoms with Crippen molar-refractivity contribution in [3.63, 3.8) is 0 Å². The lowest BCUT2D eigenvalue weighted by molar-refractivity contribution is -0.126. The molecule has 0 saturated heterocycles. The molecule has 82 valence electrons. The van der Waals surface area contributed by atoms with Crippen molar-refractivity contribution < 1.29 is 10.2 Å². The molecule has 0 amide bonds. The highest BCUT2D eigenvalue weighted by Gasteiger charge is 2.54. The molecule has 0 spiro atoms. The topological polar surface area (TPSA) is 40.5 Å². The van der Waals surface area contributed by atoms with Crippen LogP contribution in [0.1, 0.15) is 52.4 Å². The molecule has 2 nitrogen and oxygen atoms in total. The predicted octanol–water partition coefficient (Wildman–Crippen LogP) is 2.09. The van der Waals surface area contributed by atoms with Crippen molar-refractivity contribution in [2.75, 3.05) is 0 Å². The first kappa shape index (κ1) is 10.4. The Kier molecular flexibility index (Phi) is 2.39. The van der Waals surface area contributed by atoms with Crippen LogP contribution in [0.25, 0.3) is 0 Å². The average molecular weight is 198 g/mol. The van der Waals surface area contributed by atoms with Gasteiger partial charge in [0, 0.05) is 5.92 Å². The quantitative estimate of drug-likeness (QED) is 0.677. The summed E-state index contributed by atoms with van der Waals surface area (Å²) in [5.41, 5.74) is -1.28. The maximum absolute atomic E-state index is 10.6. The zero-order chi connectivity index (χ0) is 10.4. The molecule has 14 heavy (non-hydrogen) atoms. The molecular formula is C12H22O2. The van der Waals surface area contributed by atoms with Crippen molar-refractivity contribution in [1.82, 2.24) is 0 Å². The zero-order valence-corrected chi connectivity index (χ0v) is 9.29. The third kappa shape index (κ3) is 1.49. The third-order valence-electron chi connectivity index (χ3n) is 4.35. The van der Waals surface area contributed by atoms with Crippen LogP contribution < -0.4 is 0 Å². The van der Waals surface area contributed by atoms with Gasteiger partial charge in [0.2, 0.25) is 0 Å². The van der Waals surface area contributed by atoms with Crippen molar-refractivity contribution in [2.45, 2.75) is 63.6 Å². The molecule has 2 N–H and O–H groups in total. The maximum Gasteiger partial charge on any atom is 0.0731 e. The van der Waals surface area contributed by atoms with Crippen molar-refractivity contribution in [3.8, 4) is 0 Å². The van der Waals surface area contributed by atoms with E-state index in [0.717, 1.165) is 32.1 Å². The molecule has 2 heteroatoms. The van der Waals surface area contributed by atoms with Gasteiger partial charge in [-0.3, -0.25) is 0 Å². The fourth-order valence-corrected chi connectivity index (χ4v) is 3.69. The van der Waals surface area contributed by atoms with Gasteiger partial charge < -0.3 is 10.2 Å². The zero-order valence-electron chi connectivity index (χ0n) is 9.29. The molecule has 2 rings (SSSR count). The normalized spacial score (nSPS) is 43.7. The minimum atomic E-state index is -0.721. The van der Waals surface area contributed by atoms with Crippen LogP contribution in [-0.4, -0.2) is 21.4 Å². The molecule has 2 aliphatic carbocycles. The van der Waals surface area contributed by atoms with E-state index in [2.05, 4.69) is 0 Å². The SMILES string of the molecule is CC(C)(O)C1CCC2CCCCC21O. The standard InChI is InChI=1S/C12H22O2/c1-11(2,13)10-7-6-9-5-3-4-8-12(9,10)14/h9-10,13-14H,3-8H2,1-2H3. The van der Waals surface area contributed by atoms with Gasteiger partial charge in [0.25, 0.3) is 0 Å². The van der Waals surface area contributed by atoms with E-state index in [0.29, 0.717) is 5.92 Å². The summed E-state index contributed by atoms with van der Waals surface area (Å²) in [6.07, 6.45) is 6.52. The Bertz CT molecular complexity index is 219. The van der Waals surface area contributed by atoms with Gasteiger partial charge in [-0.05, 0) is 45.4 Å². The predicted molar refractivity (Wildman–Crippen MR) is 55.9 cm³/mol. The van der Waals surface area contributed by atoms with Crippen LogP contribution in [-0.2, 0) is 0 Å². The summed E-state index contributed by atoms with van der Waals surface area (Å²) in [4.78, 5) is 0. The molecule has 0 aliphatic heterocycles. The van der Waals surface area contributed by atoms with E-state index in [9.17, 15) is 10.2 Å². The molecule has 0 heterocycles. The van der Waals surface area contributed by atoms with E-state index in [1.54, 1.807) is 0 Å². The van der Waals surface area contributed by atoms with Gasteiger partial charge in [-0.15, -0.1) is 0 Å². The second-order valence-corrected chi connectivity index (χ2v) is 5.72. The summed E-state index contributed by atoms with van der Waals surface area (Å²) in [7, 11) is 0. The van der Waals surface area contributed by atoms with Crippen LogP contribution in [0.15, 0.2) is 0 Å². The highest BCUT2D eigenvalue weighted by molar-refractivity contribution is 5.05. The van der Waals surface area contributed by atoms with E-state index in [1.807, 2.05) is 13.8 Å². The monoisotopic (exact) mass is 198 g/mol. The second kappa shape index (κ2) is 3.21. The van der Waals surface area contributed by atoms with Crippen LogP contribution in [0.4, 0.5) is 0 Å². The molecule has 2 saturated carbocycles. The lowest BCUT2D eigenvalue weighted by atomic mass is 9.69. The van der Waals surface area contributed by atoms with Crippen molar-refractivity contribution in [3.05, 3.63) is 0 Å². The Balaban J connectivity index is 2.21. The molecule has 0 aromatic rings. The fraction of sp³-hybridized carbons (Fsp3) is 1.00. The Labute approximate surface area is 86.3 Å². The Morgan fingerprint density at radius 3 is 2.50 bits per heavy atom. The Morgan fingerprint density at radius 1 is 1.14 bits per heavy atom. The lowest BCUT2D eigenvalue weighted by Gasteiger charge is -2.43. The maximum atomic E-state index is 10.6. The van der Waals surface area contributed by atoms with E-state index in [4.69, 9.17) is 0 Å². The molecule has 0 bridgehead atoms. The number of aliphatic hydroxyl groups is 2. The number of hydrogen-bond acceptors (Lipinski definition) is 2. The van der Waals surface area contributed by atoms with E-state index < -0.39 is 11.2 Å². The summed E-state index contributed by atoms with van der Waals surface area (Å²) in [6.45, 7) is 3.68. The van der Waals surface area contributed by atoms with Gasteiger partial charge in [0.15, 0.2) is 0 Å².